The molecule has 0 aliphatic heterocycles. The Morgan fingerprint density at radius 2 is 1.92 bits per heavy atom. The summed E-state index contributed by atoms with van der Waals surface area (Å²) < 4.78 is 0. The summed E-state index contributed by atoms with van der Waals surface area (Å²) in [6.45, 7) is 2.90. The molecule has 0 fully saturated rings. The summed E-state index contributed by atoms with van der Waals surface area (Å²) in [5, 5.41) is 41.4. The Kier molecular flexibility index (Phi) is 6.05. The molecule has 0 aliphatic carbocycles. The van der Waals surface area contributed by atoms with Gasteiger partial charge in [0.05, 0.1) is 12.1 Å². The molecule has 0 radical (unpaired) electrons. The summed E-state index contributed by atoms with van der Waals surface area (Å²) in [6.07, 6.45) is -3.00. The Bertz CT molecular complexity index is 818. The first kappa shape index (κ1) is 18.8. The lowest BCUT2D eigenvalue weighted by atomic mass is 10.0. The molecule has 2 aromatic rings. The monoisotopic (exact) mass is 348 g/mol. The van der Waals surface area contributed by atoms with Crippen molar-refractivity contribution >= 4 is 29.0 Å². The van der Waals surface area contributed by atoms with E-state index in [1.54, 1.807) is 24.3 Å². The fourth-order valence-corrected chi connectivity index (χ4v) is 2.49. The molecule has 2 rings (SSSR count). The van der Waals surface area contributed by atoms with Crippen LogP contribution < -0.4 is 10.9 Å². The summed E-state index contributed by atoms with van der Waals surface area (Å²) >= 11 is 0. The highest BCUT2D eigenvalue weighted by atomic mass is 16.4. The van der Waals surface area contributed by atoms with E-state index >= 15 is 0 Å². The first-order valence-corrected chi connectivity index (χ1v) is 7.57. The van der Waals surface area contributed by atoms with Gasteiger partial charge in [0.2, 0.25) is 5.56 Å². The molecule has 4 atom stereocenters. The number of pyridine rings is 1. The van der Waals surface area contributed by atoms with Crippen molar-refractivity contribution in [2.45, 2.75) is 24.4 Å². The van der Waals surface area contributed by atoms with Gasteiger partial charge in [-0.1, -0.05) is 18.7 Å². The van der Waals surface area contributed by atoms with Gasteiger partial charge >= 0.3 is 0 Å². The number of carbonyl (C=O) groups excluding carboxylic acids is 1. The van der Waals surface area contributed by atoms with Crippen LogP contribution in [0, 0.1) is 0 Å². The highest BCUT2D eigenvalue weighted by Crippen LogP contribution is 2.21. The van der Waals surface area contributed by atoms with E-state index in [1.165, 1.54) is 6.07 Å². The van der Waals surface area contributed by atoms with Crippen LogP contribution in [0.3, 0.4) is 0 Å². The van der Waals surface area contributed by atoms with Crippen molar-refractivity contribution in [3.05, 3.63) is 46.8 Å². The molecule has 1 aromatic carbocycles. The maximum absolute atomic E-state index is 11.7. The van der Waals surface area contributed by atoms with Crippen molar-refractivity contribution in [3.8, 4) is 0 Å². The molecule has 8 nitrogen and oxygen atoms in total. The fraction of sp³-hybridized carbons (Fsp3) is 0.294. The minimum absolute atomic E-state index is 0.312. The molecule has 0 bridgehead atoms. The maximum Gasteiger partial charge on any atom is 0.249 e. The van der Waals surface area contributed by atoms with Gasteiger partial charge in [0.15, 0.2) is 0 Å². The Morgan fingerprint density at radius 1 is 1.20 bits per heavy atom. The standard InChI is InChI=1S/C17H20N2O6/c1-2-9-5-15(23)19-12-6-10(3-4-11(9)12)18-13(7-20)16(24)17(25)14(22)8-21/h2-7,13-14,16-18,21-22,24-25H,1,8H2,(H,19,23)/t13-,14+,16+,17+/m1/s1. The second kappa shape index (κ2) is 8.04. The quantitative estimate of drug-likeness (QED) is 0.344. The number of fused-ring (bicyclic) bond motifs is 1. The van der Waals surface area contributed by atoms with Crippen molar-refractivity contribution in [1.82, 2.24) is 4.98 Å². The first-order valence-electron chi connectivity index (χ1n) is 7.57. The molecular weight excluding hydrogens is 328 g/mol. The number of H-pyrrole nitrogens is 1. The predicted octanol–water partition coefficient (Wildman–Crippen LogP) is -0.775. The summed E-state index contributed by atoms with van der Waals surface area (Å²) in [5.74, 6) is 0. The van der Waals surface area contributed by atoms with Crippen LogP contribution in [0.25, 0.3) is 17.0 Å². The third kappa shape index (κ3) is 4.12. The number of aromatic nitrogens is 1. The number of carbonyl (C=O) groups is 1. The van der Waals surface area contributed by atoms with Gasteiger partial charge in [-0.05, 0) is 17.7 Å². The number of aliphatic hydroxyl groups is 4. The zero-order chi connectivity index (χ0) is 18.6. The molecular formula is C17H20N2O6. The highest BCUT2D eigenvalue weighted by molar-refractivity contribution is 5.89. The predicted molar refractivity (Wildman–Crippen MR) is 93.2 cm³/mol. The Morgan fingerprint density at radius 3 is 2.52 bits per heavy atom. The van der Waals surface area contributed by atoms with Crippen molar-refractivity contribution in [3.63, 3.8) is 0 Å². The number of hydrogen-bond donors (Lipinski definition) is 6. The molecule has 0 saturated carbocycles. The zero-order valence-electron chi connectivity index (χ0n) is 13.3. The highest BCUT2D eigenvalue weighted by Gasteiger charge is 2.31. The average Bonchev–Trinajstić information content (AvgIpc) is 2.62. The van der Waals surface area contributed by atoms with E-state index in [4.69, 9.17) is 5.11 Å². The van der Waals surface area contributed by atoms with Crippen molar-refractivity contribution in [2.24, 2.45) is 0 Å². The van der Waals surface area contributed by atoms with Gasteiger partial charge < -0.3 is 35.5 Å². The number of aliphatic hydroxyl groups excluding tert-OH is 4. The van der Waals surface area contributed by atoms with Crippen molar-refractivity contribution in [1.29, 1.82) is 0 Å². The van der Waals surface area contributed by atoms with E-state index in [2.05, 4.69) is 16.9 Å². The maximum atomic E-state index is 11.7. The minimum atomic E-state index is -1.71. The van der Waals surface area contributed by atoms with E-state index in [1.807, 2.05) is 0 Å². The number of benzene rings is 1. The molecule has 25 heavy (non-hydrogen) atoms. The molecule has 0 amide bonds. The summed E-state index contributed by atoms with van der Waals surface area (Å²) in [7, 11) is 0. The van der Waals surface area contributed by atoms with Crippen LogP contribution in [-0.2, 0) is 4.79 Å². The molecule has 134 valence electrons. The van der Waals surface area contributed by atoms with Crippen LogP contribution in [0.5, 0.6) is 0 Å². The van der Waals surface area contributed by atoms with E-state index in [-0.39, 0.29) is 5.56 Å². The van der Waals surface area contributed by atoms with Crippen LogP contribution in [0.1, 0.15) is 5.56 Å². The lowest BCUT2D eigenvalue weighted by molar-refractivity contribution is -0.117. The van der Waals surface area contributed by atoms with Crippen LogP contribution in [0.15, 0.2) is 35.6 Å². The summed E-state index contributed by atoms with van der Waals surface area (Å²) in [6, 6.07) is 5.08. The van der Waals surface area contributed by atoms with E-state index < -0.39 is 31.0 Å². The Hall–Kier alpha value is -2.52. The normalized spacial score (nSPS) is 16.0. The lowest BCUT2D eigenvalue weighted by Crippen LogP contribution is -2.49. The molecule has 8 heteroatoms. The molecule has 0 unspecified atom stereocenters. The number of aldehydes is 1. The number of nitrogens with one attached hydrogen (secondary N) is 2. The Balaban J connectivity index is 2.30. The lowest BCUT2D eigenvalue weighted by Gasteiger charge is -2.26. The van der Waals surface area contributed by atoms with E-state index in [9.17, 15) is 24.9 Å². The second-order valence-corrected chi connectivity index (χ2v) is 5.59. The van der Waals surface area contributed by atoms with Gasteiger partial charge in [-0.2, -0.15) is 0 Å². The van der Waals surface area contributed by atoms with Crippen LogP contribution in [0.2, 0.25) is 0 Å². The van der Waals surface area contributed by atoms with Crippen molar-refractivity contribution < 1.29 is 25.2 Å². The van der Waals surface area contributed by atoms with Crippen molar-refractivity contribution in [2.75, 3.05) is 11.9 Å². The number of hydrogen-bond acceptors (Lipinski definition) is 7. The van der Waals surface area contributed by atoms with Gasteiger partial charge in [-0.25, -0.2) is 0 Å². The largest absolute Gasteiger partial charge is 0.394 e. The topological polar surface area (TPSA) is 143 Å². The molecule has 6 N–H and O–H groups in total. The van der Waals surface area contributed by atoms with Crippen LogP contribution >= 0.6 is 0 Å². The minimum Gasteiger partial charge on any atom is -0.394 e. The third-order valence-electron chi connectivity index (χ3n) is 3.87. The molecule has 1 aromatic heterocycles. The van der Waals surface area contributed by atoms with E-state index in [0.717, 1.165) is 5.39 Å². The van der Waals surface area contributed by atoms with Crippen LogP contribution in [-0.4, -0.2) is 62.7 Å². The summed E-state index contributed by atoms with van der Waals surface area (Å²) in [4.78, 5) is 25.5. The fourth-order valence-electron chi connectivity index (χ4n) is 2.49. The summed E-state index contributed by atoms with van der Waals surface area (Å²) in [5.41, 5.74) is 1.25. The molecule has 0 saturated heterocycles. The van der Waals surface area contributed by atoms with Crippen LogP contribution in [0.4, 0.5) is 5.69 Å². The number of aromatic amines is 1. The SMILES string of the molecule is C=Cc1cc(=O)[nH]c2cc(N[C@H](C=O)[C@H](O)[C@@H](O)[C@@H](O)CO)ccc12. The number of anilines is 1. The van der Waals surface area contributed by atoms with Gasteiger partial charge in [-0.3, -0.25) is 4.79 Å². The van der Waals surface area contributed by atoms with Gasteiger partial charge in [0.25, 0.3) is 0 Å². The number of rotatable bonds is 8. The molecule has 0 aliphatic rings. The van der Waals surface area contributed by atoms with Gasteiger partial charge in [-0.15, -0.1) is 0 Å². The average molecular weight is 348 g/mol. The second-order valence-electron chi connectivity index (χ2n) is 5.59. The molecule has 1 heterocycles. The van der Waals surface area contributed by atoms with Gasteiger partial charge in [0, 0.05) is 17.1 Å². The first-order chi connectivity index (χ1) is 11.9. The third-order valence-corrected chi connectivity index (χ3v) is 3.87. The van der Waals surface area contributed by atoms with Gasteiger partial charge in [0.1, 0.15) is 30.6 Å². The smallest absolute Gasteiger partial charge is 0.249 e. The molecule has 0 spiro atoms. The van der Waals surface area contributed by atoms with E-state index in [0.29, 0.717) is 23.1 Å². The Labute approximate surface area is 143 Å². The zero-order valence-corrected chi connectivity index (χ0v) is 13.3.